The van der Waals surface area contributed by atoms with E-state index in [1.165, 1.54) is 0 Å². The van der Waals surface area contributed by atoms with Gasteiger partial charge in [-0.3, -0.25) is 9.89 Å². The van der Waals surface area contributed by atoms with E-state index in [0.29, 0.717) is 18.5 Å². The molecule has 96 valence electrons. The molecule has 0 saturated heterocycles. The molecule has 0 fully saturated rings. The van der Waals surface area contributed by atoms with Gasteiger partial charge in [0.2, 0.25) is 5.91 Å². The van der Waals surface area contributed by atoms with Crippen LogP contribution in [-0.2, 0) is 17.8 Å². The summed E-state index contributed by atoms with van der Waals surface area (Å²) in [5.41, 5.74) is 3.42. The second kappa shape index (κ2) is 5.83. The van der Waals surface area contributed by atoms with Crippen molar-refractivity contribution in [3.63, 3.8) is 0 Å². The lowest BCUT2D eigenvalue weighted by Crippen LogP contribution is -2.24. The lowest BCUT2D eigenvalue weighted by Gasteiger charge is -2.04. The van der Waals surface area contributed by atoms with Crippen LogP contribution in [0.4, 0.5) is 0 Å². The minimum atomic E-state index is -0.0506. The topological polar surface area (TPSA) is 81.6 Å². The van der Waals surface area contributed by atoms with E-state index in [9.17, 15) is 4.79 Å². The molecule has 0 atom stereocenters. The van der Waals surface area contributed by atoms with Crippen LogP contribution in [0.5, 0.6) is 0 Å². The lowest BCUT2D eigenvalue weighted by molar-refractivity contribution is -0.120. The van der Waals surface area contributed by atoms with Gasteiger partial charge in [0.1, 0.15) is 0 Å². The summed E-state index contributed by atoms with van der Waals surface area (Å²) in [5, 5.41) is 18.2. The zero-order valence-corrected chi connectivity index (χ0v) is 10.6. The van der Waals surface area contributed by atoms with Gasteiger partial charge in [0.25, 0.3) is 0 Å². The Kier molecular flexibility index (Phi) is 3.94. The van der Waals surface area contributed by atoms with Crippen LogP contribution in [0.3, 0.4) is 0 Å². The highest BCUT2D eigenvalue weighted by molar-refractivity contribution is 5.78. The summed E-state index contributed by atoms with van der Waals surface area (Å²) in [5.74, 6) is -0.0506. The number of hydrogen-bond donors (Lipinski definition) is 2. The molecule has 0 unspecified atom stereocenters. The first kappa shape index (κ1) is 12.8. The average Bonchev–Trinajstić information content (AvgIpc) is 2.83. The predicted molar refractivity (Wildman–Crippen MR) is 70.0 cm³/mol. The Bertz CT molecular complexity index is 607. The maximum absolute atomic E-state index is 11.8. The van der Waals surface area contributed by atoms with E-state index >= 15 is 0 Å². The highest BCUT2D eigenvalue weighted by Crippen LogP contribution is 2.05. The summed E-state index contributed by atoms with van der Waals surface area (Å²) in [7, 11) is 0. The van der Waals surface area contributed by atoms with Gasteiger partial charge in [-0.2, -0.15) is 10.4 Å². The third-order valence-corrected chi connectivity index (χ3v) is 2.86. The smallest absolute Gasteiger partial charge is 0.224 e. The third kappa shape index (κ3) is 3.42. The van der Waals surface area contributed by atoms with Crippen LogP contribution in [0.2, 0.25) is 0 Å². The molecule has 5 nitrogen and oxygen atoms in total. The van der Waals surface area contributed by atoms with Crippen LogP contribution in [0.25, 0.3) is 0 Å². The summed E-state index contributed by atoms with van der Waals surface area (Å²) < 4.78 is 0. The van der Waals surface area contributed by atoms with Gasteiger partial charge in [-0.15, -0.1) is 0 Å². The van der Waals surface area contributed by atoms with Crippen molar-refractivity contribution in [3.8, 4) is 6.07 Å². The molecule has 5 heteroatoms. The molecule has 19 heavy (non-hydrogen) atoms. The van der Waals surface area contributed by atoms with Gasteiger partial charge >= 0.3 is 0 Å². The van der Waals surface area contributed by atoms with Crippen molar-refractivity contribution < 1.29 is 4.79 Å². The monoisotopic (exact) mass is 254 g/mol. The Morgan fingerprint density at radius 1 is 1.42 bits per heavy atom. The summed E-state index contributed by atoms with van der Waals surface area (Å²) >= 11 is 0. The molecule has 0 aliphatic heterocycles. The van der Waals surface area contributed by atoms with Gasteiger partial charge in [-0.25, -0.2) is 0 Å². The zero-order chi connectivity index (χ0) is 13.7. The van der Waals surface area contributed by atoms with Crippen molar-refractivity contribution in [2.45, 2.75) is 19.9 Å². The van der Waals surface area contributed by atoms with Crippen molar-refractivity contribution in [1.29, 1.82) is 5.26 Å². The molecule has 2 N–H and O–H groups in total. The number of carbonyl (C=O) groups is 1. The molecule has 1 aromatic carbocycles. The van der Waals surface area contributed by atoms with E-state index in [1.807, 2.05) is 13.0 Å². The molecule has 1 aromatic heterocycles. The molecule has 0 radical (unpaired) electrons. The lowest BCUT2D eigenvalue weighted by atomic mass is 10.1. The Labute approximate surface area is 111 Å². The van der Waals surface area contributed by atoms with E-state index in [4.69, 9.17) is 5.26 Å². The number of nitrogens with zero attached hydrogens (tertiary/aromatic N) is 2. The number of nitriles is 1. The molecule has 2 aromatic rings. The number of aryl methyl sites for hydroxylation is 1. The molecule has 0 bridgehead atoms. The van der Waals surface area contributed by atoms with Gasteiger partial charge in [-0.05, 0) is 24.6 Å². The van der Waals surface area contributed by atoms with Gasteiger partial charge < -0.3 is 5.32 Å². The number of carbonyl (C=O) groups excluding carboxylic acids is 1. The molecule has 2 rings (SSSR count). The predicted octanol–water partition coefficient (Wildman–Crippen LogP) is 1.45. The Morgan fingerprint density at radius 3 is 2.74 bits per heavy atom. The van der Waals surface area contributed by atoms with Crippen LogP contribution in [-0.4, -0.2) is 16.1 Å². The second-order valence-corrected chi connectivity index (χ2v) is 4.28. The molecule has 0 spiro atoms. The SMILES string of the molecule is Cc1[nH]ncc1CNC(=O)Cc1ccc(C#N)cc1. The Morgan fingerprint density at radius 2 is 2.16 bits per heavy atom. The number of H-pyrrole nitrogens is 1. The number of amides is 1. The fraction of sp³-hybridized carbons (Fsp3) is 0.214. The Balaban J connectivity index is 1.87. The van der Waals surface area contributed by atoms with Gasteiger partial charge in [0, 0.05) is 17.8 Å². The van der Waals surface area contributed by atoms with E-state index in [-0.39, 0.29) is 5.91 Å². The zero-order valence-electron chi connectivity index (χ0n) is 10.6. The minimum Gasteiger partial charge on any atom is -0.352 e. The molecule has 0 aliphatic rings. The maximum Gasteiger partial charge on any atom is 0.224 e. The standard InChI is InChI=1S/C14H14N4O/c1-10-13(9-17-18-10)8-16-14(19)6-11-2-4-12(7-15)5-3-11/h2-5,9H,6,8H2,1H3,(H,16,19)(H,17,18). The molecule has 0 saturated carbocycles. The minimum absolute atomic E-state index is 0.0506. The highest BCUT2D eigenvalue weighted by Gasteiger charge is 2.05. The fourth-order valence-corrected chi connectivity index (χ4v) is 1.69. The maximum atomic E-state index is 11.8. The number of aromatic amines is 1. The van der Waals surface area contributed by atoms with Gasteiger partial charge in [-0.1, -0.05) is 12.1 Å². The third-order valence-electron chi connectivity index (χ3n) is 2.86. The van der Waals surface area contributed by atoms with E-state index in [1.54, 1.807) is 30.5 Å². The van der Waals surface area contributed by atoms with E-state index in [2.05, 4.69) is 15.5 Å². The van der Waals surface area contributed by atoms with Crippen molar-refractivity contribution >= 4 is 5.91 Å². The van der Waals surface area contributed by atoms with Crippen molar-refractivity contribution in [1.82, 2.24) is 15.5 Å². The summed E-state index contributed by atoms with van der Waals surface area (Å²) in [6.45, 7) is 2.38. The normalized spacial score (nSPS) is 9.89. The molecular formula is C14H14N4O. The highest BCUT2D eigenvalue weighted by atomic mass is 16.1. The van der Waals surface area contributed by atoms with Crippen molar-refractivity contribution in [3.05, 3.63) is 52.8 Å². The summed E-state index contributed by atoms with van der Waals surface area (Å²) in [6, 6.07) is 9.05. The number of nitrogens with one attached hydrogen (secondary N) is 2. The second-order valence-electron chi connectivity index (χ2n) is 4.28. The number of rotatable bonds is 4. The first-order chi connectivity index (χ1) is 9.19. The van der Waals surface area contributed by atoms with Gasteiger partial charge in [0.05, 0.1) is 24.3 Å². The van der Waals surface area contributed by atoms with E-state index < -0.39 is 0 Å². The van der Waals surface area contributed by atoms with Crippen LogP contribution in [0, 0.1) is 18.3 Å². The quantitative estimate of drug-likeness (QED) is 0.866. The first-order valence-corrected chi connectivity index (χ1v) is 5.93. The molecule has 1 heterocycles. The van der Waals surface area contributed by atoms with Crippen LogP contribution >= 0.6 is 0 Å². The number of hydrogen-bond acceptors (Lipinski definition) is 3. The Hall–Kier alpha value is -2.61. The van der Waals surface area contributed by atoms with Crippen molar-refractivity contribution in [2.75, 3.05) is 0 Å². The van der Waals surface area contributed by atoms with E-state index in [0.717, 1.165) is 16.8 Å². The largest absolute Gasteiger partial charge is 0.352 e. The molecule has 1 amide bonds. The average molecular weight is 254 g/mol. The van der Waals surface area contributed by atoms with Crippen LogP contribution in [0.1, 0.15) is 22.4 Å². The van der Waals surface area contributed by atoms with Crippen molar-refractivity contribution in [2.24, 2.45) is 0 Å². The van der Waals surface area contributed by atoms with Crippen LogP contribution in [0.15, 0.2) is 30.5 Å². The molecule has 0 aliphatic carbocycles. The number of aromatic nitrogens is 2. The molecular weight excluding hydrogens is 240 g/mol. The first-order valence-electron chi connectivity index (χ1n) is 5.93. The summed E-state index contributed by atoms with van der Waals surface area (Å²) in [4.78, 5) is 11.8. The fourth-order valence-electron chi connectivity index (χ4n) is 1.69. The number of benzene rings is 1. The van der Waals surface area contributed by atoms with Gasteiger partial charge in [0.15, 0.2) is 0 Å². The summed E-state index contributed by atoms with van der Waals surface area (Å²) in [6.07, 6.45) is 2.01. The van der Waals surface area contributed by atoms with Crippen LogP contribution < -0.4 is 5.32 Å².